The van der Waals surface area contributed by atoms with Gasteiger partial charge in [-0.15, -0.1) is 0 Å². The number of rotatable bonds is 6. The van der Waals surface area contributed by atoms with Crippen LogP contribution in [0.5, 0.6) is 0 Å². The molecule has 0 spiro atoms. The molecule has 12 rings (SSSR count). The first kappa shape index (κ1) is 35.7. The van der Waals surface area contributed by atoms with Gasteiger partial charge in [-0.25, -0.2) is 9.97 Å². The van der Waals surface area contributed by atoms with E-state index in [9.17, 15) is 0 Å². The first-order chi connectivity index (χ1) is 30.7. The fourth-order valence-electron chi connectivity index (χ4n) is 9.31. The van der Waals surface area contributed by atoms with Crippen molar-refractivity contribution in [3.05, 3.63) is 225 Å². The molecule has 2 heterocycles. The van der Waals surface area contributed by atoms with Gasteiger partial charge in [0.25, 0.3) is 0 Å². The third-order valence-corrected chi connectivity index (χ3v) is 12.4. The zero-order valence-electron chi connectivity index (χ0n) is 33.7. The molecule has 288 valence electrons. The summed E-state index contributed by atoms with van der Waals surface area (Å²) in [5.74, 6) is 0.698. The van der Waals surface area contributed by atoms with Crippen LogP contribution in [0, 0.1) is 0 Å². The van der Waals surface area contributed by atoms with E-state index in [1.807, 2.05) is 30.5 Å². The Morgan fingerprint density at radius 3 is 1.31 bits per heavy atom. The number of para-hydroxylation sites is 1. The number of fused-ring (bicyclic) bond motifs is 9. The molecule has 0 saturated carbocycles. The third kappa shape index (κ3) is 6.10. The van der Waals surface area contributed by atoms with Crippen molar-refractivity contribution in [1.82, 2.24) is 15.0 Å². The van der Waals surface area contributed by atoms with E-state index in [0.29, 0.717) is 5.82 Å². The van der Waals surface area contributed by atoms with Crippen LogP contribution in [0.2, 0.25) is 0 Å². The van der Waals surface area contributed by atoms with Crippen LogP contribution in [0.15, 0.2) is 225 Å². The number of hydrogen-bond donors (Lipinski definition) is 0. The average Bonchev–Trinajstić information content (AvgIpc) is 3.36. The second-order valence-corrected chi connectivity index (χ2v) is 15.9. The number of benzene rings is 10. The maximum absolute atomic E-state index is 5.11. The third-order valence-electron chi connectivity index (χ3n) is 12.4. The molecular weight excluding hydrogens is 751 g/mol. The van der Waals surface area contributed by atoms with Crippen LogP contribution in [0.3, 0.4) is 0 Å². The van der Waals surface area contributed by atoms with E-state index in [0.717, 1.165) is 61.2 Å². The van der Waals surface area contributed by atoms with Gasteiger partial charge >= 0.3 is 0 Å². The molecule has 0 radical (unpaired) electrons. The molecule has 2 aromatic heterocycles. The summed E-state index contributed by atoms with van der Waals surface area (Å²) in [4.78, 5) is 14.8. The lowest BCUT2D eigenvalue weighted by atomic mass is 9.87. The van der Waals surface area contributed by atoms with Crippen LogP contribution in [0.4, 0.5) is 0 Å². The van der Waals surface area contributed by atoms with Gasteiger partial charge in [0.1, 0.15) is 0 Å². The van der Waals surface area contributed by atoms with E-state index in [4.69, 9.17) is 9.97 Å². The lowest BCUT2D eigenvalue weighted by Gasteiger charge is -2.16. The number of pyridine rings is 1. The normalized spacial score (nSPS) is 11.5. The lowest BCUT2D eigenvalue weighted by Crippen LogP contribution is -1.96. The molecular formula is C59H37N3. The number of hydrogen-bond acceptors (Lipinski definition) is 3. The molecule has 62 heavy (non-hydrogen) atoms. The molecule has 0 saturated heterocycles. The molecule has 0 atom stereocenters. The fraction of sp³-hybridized carbons (Fsp3) is 0. The minimum atomic E-state index is 0.698. The zero-order chi connectivity index (χ0) is 41.0. The molecule has 0 fully saturated rings. The van der Waals surface area contributed by atoms with Crippen molar-refractivity contribution in [1.29, 1.82) is 0 Å². The fourth-order valence-corrected chi connectivity index (χ4v) is 9.31. The molecule has 10 aromatic carbocycles. The molecule has 0 bridgehead atoms. The Balaban J connectivity index is 0.894. The van der Waals surface area contributed by atoms with Crippen molar-refractivity contribution in [3.63, 3.8) is 0 Å². The summed E-state index contributed by atoms with van der Waals surface area (Å²) in [6.07, 6.45) is 1.88. The maximum Gasteiger partial charge on any atom is 0.160 e. The van der Waals surface area contributed by atoms with Gasteiger partial charge in [0.15, 0.2) is 5.82 Å². The molecule has 0 N–H and O–H groups in total. The van der Waals surface area contributed by atoms with Crippen LogP contribution in [0.25, 0.3) is 121 Å². The highest BCUT2D eigenvalue weighted by Gasteiger charge is 2.16. The van der Waals surface area contributed by atoms with Crippen molar-refractivity contribution >= 4 is 54.0 Å². The highest BCUT2D eigenvalue weighted by atomic mass is 14.9. The smallest absolute Gasteiger partial charge is 0.160 e. The van der Waals surface area contributed by atoms with Gasteiger partial charge in [-0.05, 0) is 101 Å². The summed E-state index contributed by atoms with van der Waals surface area (Å²) in [6, 6.07) is 78.0. The lowest BCUT2D eigenvalue weighted by molar-refractivity contribution is 1.18. The van der Waals surface area contributed by atoms with E-state index in [1.54, 1.807) is 0 Å². The Hall–Kier alpha value is -8.27. The van der Waals surface area contributed by atoms with E-state index in [-0.39, 0.29) is 0 Å². The number of aromatic nitrogens is 3. The molecule has 3 heteroatoms. The maximum atomic E-state index is 5.11. The Kier molecular flexibility index (Phi) is 8.50. The van der Waals surface area contributed by atoms with E-state index in [1.165, 1.54) is 54.2 Å². The summed E-state index contributed by atoms with van der Waals surface area (Å²) < 4.78 is 0. The first-order valence-electron chi connectivity index (χ1n) is 21.1. The molecule has 0 aliphatic rings. The molecule has 0 aliphatic heterocycles. The van der Waals surface area contributed by atoms with E-state index < -0.39 is 0 Å². The van der Waals surface area contributed by atoms with Gasteiger partial charge < -0.3 is 0 Å². The predicted octanol–water partition coefficient (Wildman–Crippen LogP) is 15.6. The Labute approximate surface area is 359 Å². The Morgan fingerprint density at radius 1 is 0.258 bits per heavy atom. The van der Waals surface area contributed by atoms with Crippen LogP contribution >= 0.6 is 0 Å². The minimum Gasteiger partial charge on any atom is -0.256 e. The summed E-state index contributed by atoms with van der Waals surface area (Å²) in [5, 5.41) is 11.4. The monoisotopic (exact) mass is 787 g/mol. The van der Waals surface area contributed by atoms with Crippen molar-refractivity contribution in [2.24, 2.45) is 0 Å². The summed E-state index contributed by atoms with van der Waals surface area (Å²) in [7, 11) is 0. The van der Waals surface area contributed by atoms with Gasteiger partial charge in [-0.2, -0.15) is 0 Å². The topological polar surface area (TPSA) is 38.7 Å². The molecule has 0 aliphatic carbocycles. The molecule has 3 nitrogen and oxygen atoms in total. The summed E-state index contributed by atoms with van der Waals surface area (Å²) >= 11 is 0. The van der Waals surface area contributed by atoms with Crippen LogP contribution in [0.1, 0.15) is 0 Å². The van der Waals surface area contributed by atoms with Crippen molar-refractivity contribution in [2.75, 3.05) is 0 Å². The van der Waals surface area contributed by atoms with Crippen LogP contribution in [-0.4, -0.2) is 15.0 Å². The Bertz CT molecular complexity index is 3650. The Morgan fingerprint density at radius 2 is 0.694 bits per heavy atom. The second kappa shape index (κ2) is 14.8. The van der Waals surface area contributed by atoms with Crippen LogP contribution < -0.4 is 0 Å². The molecule has 12 aromatic rings. The van der Waals surface area contributed by atoms with Gasteiger partial charge in [-0.1, -0.05) is 194 Å². The highest BCUT2D eigenvalue weighted by molar-refractivity contribution is 6.33. The highest BCUT2D eigenvalue weighted by Crippen LogP contribution is 2.43. The zero-order valence-corrected chi connectivity index (χ0v) is 33.7. The van der Waals surface area contributed by atoms with Gasteiger partial charge in [0.05, 0.1) is 16.9 Å². The van der Waals surface area contributed by atoms with E-state index >= 15 is 0 Å². The van der Waals surface area contributed by atoms with Crippen molar-refractivity contribution < 1.29 is 0 Å². The largest absolute Gasteiger partial charge is 0.256 e. The van der Waals surface area contributed by atoms with Gasteiger partial charge in [0.2, 0.25) is 0 Å². The standard InChI is InChI=1S/C59H37N3/c1-2-12-44(13-3-1)59-61-56(37-57(62-59)43-32-28-40(29-33-43)45-34-35-60-55-21-11-10-18-50(45)55)42-30-24-39(25-31-42)38-22-26-41(27-23-38)53-36-54-48-16-5-4-14-46(48)47-15-6-8-19-51(47)58(54)52-20-9-7-17-49(52)53/h1-37H. The van der Waals surface area contributed by atoms with Crippen molar-refractivity contribution in [3.8, 4) is 67.3 Å². The SMILES string of the molecule is c1ccc(-c2nc(-c3ccc(-c4ccc(-c5cc6c7ccccc7c7ccccc7c6c6ccccc56)cc4)cc3)cc(-c3ccc(-c4ccnc5ccccc45)cc3)n2)cc1. The van der Waals surface area contributed by atoms with Gasteiger partial charge in [0, 0.05) is 28.3 Å². The van der Waals surface area contributed by atoms with Crippen LogP contribution in [-0.2, 0) is 0 Å². The van der Waals surface area contributed by atoms with Crippen molar-refractivity contribution in [2.45, 2.75) is 0 Å². The first-order valence-corrected chi connectivity index (χ1v) is 21.1. The summed E-state index contributed by atoms with van der Waals surface area (Å²) in [6.45, 7) is 0. The summed E-state index contributed by atoms with van der Waals surface area (Å²) in [5.41, 5.74) is 12.8. The number of nitrogens with zero attached hydrogens (tertiary/aromatic N) is 3. The average molecular weight is 788 g/mol. The molecule has 0 unspecified atom stereocenters. The predicted molar refractivity (Wildman–Crippen MR) is 260 cm³/mol. The quantitative estimate of drug-likeness (QED) is 0.158. The van der Waals surface area contributed by atoms with Gasteiger partial charge in [-0.3, -0.25) is 4.98 Å². The second-order valence-electron chi connectivity index (χ2n) is 15.9. The minimum absolute atomic E-state index is 0.698. The molecule has 0 amide bonds. The van der Waals surface area contributed by atoms with E-state index in [2.05, 4.69) is 199 Å².